The van der Waals surface area contributed by atoms with Gasteiger partial charge in [0.15, 0.2) is 6.29 Å². The Bertz CT molecular complexity index is 768. The summed E-state index contributed by atoms with van der Waals surface area (Å²) in [5, 5.41) is 51.1. The third-order valence-electron chi connectivity index (χ3n) is 9.68. The molecule has 0 aromatic carbocycles. The molecule has 3 fully saturated rings. The summed E-state index contributed by atoms with van der Waals surface area (Å²) in [5.74, 6) is 0.670. The molecule has 0 radical (unpaired) electrons. The second-order valence-corrected chi connectivity index (χ2v) is 11.8. The topological polar surface area (TPSA) is 120 Å². The lowest BCUT2D eigenvalue weighted by Crippen LogP contribution is -2.61. The Morgan fingerprint density at radius 1 is 1.09 bits per heavy atom. The summed E-state index contributed by atoms with van der Waals surface area (Å²) in [4.78, 5) is 0. The summed E-state index contributed by atoms with van der Waals surface area (Å²) >= 11 is 0. The normalized spacial score (nSPS) is 52.4. The number of hydrogen-bond acceptors (Lipinski definition) is 7. The number of aliphatic hydroxyl groups excluding tert-OH is 5. The van der Waals surface area contributed by atoms with E-state index in [0.717, 1.165) is 32.1 Å². The molecule has 7 nitrogen and oxygen atoms in total. The molecule has 4 aliphatic rings. The van der Waals surface area contributed by atoms with Crippen LogP contribution in [0.1, 0.15) is 59.3 Å². The van der Waals surface area contributed by atoms with E-state index in [9.17, 15) is 25.5 Å². The molecule has 11 atom stereocenters. The minimum Gasteiger partial charge on any atom is -0.394 e. The standard InChI is InChI=1S/C26H42O7/c1-5-24(2)10-8-16-15(12-24)6-7-18-25(16,3)11-9-19(28)26(18,4)14-32-23-22(31)21(30)20(29)17(13-27)33-23/h5-6,16-23,27-31H,1,7-14H2,2-4H3/t16-,17-,18+,19-,20+,21+,22+,23-,24+,25+,26-/m0/s1. The third-order valence-corrected chi connectivity index (χ3v) is 9.68. The highest BCUT2D eigenvalue weighted by Gasteiger charge is 2.59. The van der Waals surface area contributed by atoms with Crippen LogP contribution in [0.4, 0.5) is 0 Å². The average Bonchev–Trinajstić information content (AvgIpc) is 2.80. The zero-order valence-corrected chi connectivity index (χ0v) is 20.2. The monoisotopic (exact) mass is 466 g/mol. The first-order valence-corrected chi connectivity index (χ1v) is 12.4. The molecular weight excluding hydrogens is 424 g/mol. The lowest BCUT2D eigenvalue weighted by Gasteiger charge is -2.61. The van der Waals surface area contributed by atoms with Gasteiger partial charge in [-0.15, -0.1) is 6.58 Å². The summed E-state index contributed by atoms with van der Waals surface area (Å²) in [5.41, 5.74) is 1.15. The Kier molecular flexibility index (Phi) is 6.91. The van der Waals surface area contributed by atoms with E-state index in [4.69, 9.17) is 9.47 Å². The number of hydrogen-bond donors (Lipinski definition) is 5. The van der Waals surface area contributed by atoms with Crippen molar-refractivity contribution in [1.82, 2.24) is 0 Å². The fourth-order valence-electron chi connectivity index (χ4n) is 7.30. The number of fused-ring (bicyclic) bond motifs is 3. The quantitative estimate of drug-likeness (QED) is 0.393. The van der Waals surface area contributed by atoms with Crippen molar-refractivity contribution in [2.45, 2.75) is 96.1 Å². The molecule has 0 aromatic rings. The maximum Gasteiger partial charge on any atom is 0.186 e. The van der Waals surface area contributed by atoms with Gasteiger partial charge in [0.05, 0.1) is 19.3 Å². The SMILES string of the molecule is C=C[C@]1(C)CC[C@H]2C(=CC[C@H]3[C@](C)(CO[C@H]4O[C@@H](CO)[C@@H](O)[C@@H](O)[C@H]4O)[C@@H](O)CC[C@@]32C)C1. The largest absolute Gasteiger partial charge is 0.394 e. The van der Waals surface area contributed by atoms with Gasteiger partial charge in [0, 0.05) is 5.41 Å². The molecule has 1 saturated heterocycles. The van der Waals surface area contributed by atoms with Crippen molar-refractivity contribution in [3.05, 3.63) is 24.3 Å². The van der Waals surface area contributed by atoms with Gasteiger partial charge in [0.25, 0.3) is 0 Å². The van der Waals surface area contributed by atoms with Crippen molar-refractivity contribution in [2.24, 2.45) is 28.1 Å². The summed E-state index contributed by atoms with van der Waals surface area (Å²) in [6.45, 7) is 10.4. The Balaban J connectivity index is 1.54. The Morgan fingerprint density at radius 3 is 2.48 bits per heavy atom. The summed E-state index contributed by atoms with van der Waals surface area (Å²) in [6, 6.07) is 0. The molecule has 3 aliphatic carbocycles. The van der Waals surface area contributed by atoms with E-state index in [2.05, 4.69) is 39.5 Å². The predicted octanol–water partition coefficient (Wildman–Crippen LogP) is 1.91. The van der Waals surface area contributed by atoms with Gasteiger partial charge < -0.3 is 35.0 Å². The molecule has 0 unspecified atom stereocenters. The Morgan fingerprint density at radius 2 is 1.82 bits per heavy atom. The number of rotatable bonds is 5. The molecule has 0 amide bonds. The fraction of sp³-hybridized carbons (Fsp3) is 0.846. The highest BCUT2D eigenvalue weighted by atomic mass is 16.7. The first-order chi connectivity index (χ1) is 15.5. The van der Waals surface area contributed by atoms with E-state index < -0.39 is 48.8 Å². The van der Waals surface area contributed by atoms with Crippen LogP contribution in [0.3, 0.4) is 0 Å². The summed E-state index contributed by atoms with van der Waals surface area (Å²) in [7, 11) is 0. The lowest BCUT2D eigenvalue weighted by atomic mass is 9.45. The van der Waals surface area contributed by atoms with Crippen molar-refractivity contribution < 1.29 is 35.0 Å². The molecule has 0 aromatic heterocycles. The second-order valence-electron chi connectivity index (χ2n) is 11.8. The van der Waals surface area contributed by atoms with Gasteiger partial charge >= 0.3 is 0 Å². The third kappa shape index (κ3) is 4.14. The van der Waals surface area contributed by atoms with Crippen LogP contribution < -0.4 is 0 Å². The van der Waals surface area contributed by atoms with Crippen LogP contribution in [-0.4, -0.2) is 75.6 Å². The highest BCUT2D eigenvalue weighted by molar-refractivity contribution is 5.25. The minimum absolute atomic E-state index is 0.0410. The number of aliphatic hydroxyl groups is 5. The molecule has 188 valence electrons. The smallest absolute Gasteiger partial charge is 0.186 e. The first kappa shape index (κ1) is 25.3. The fourth-order valence-corrected chi connectivity index (χ4v) is 7.30. The van der Waals surface area contributed by atoms with Gasteiger partial charge in [-0.2, -0.15) is 0 Å². The van der Waals surface area contributed by atoms with E-state index >= 15 is 0 Å². The zero-order valence-electron chi connectivity index (χ0n) is 20.2. The molecule has 1 aliphatic heterocycles. The summed E-state index contributed by atoms with van der Waals surface area (Å²) < 4.78 is 11.5. The Labute approximate surface area is 197 Å². The van der Waals surface area contributed by atoms with Crippen LogP contribution in [0.15, 0.2) is 24.3 Å². The van der Waals surface area contributed by atoms with Gasteiger partial charge in [-0.05, 0) is 61.2 Å². The van der Waals surface area contributed by atoms with Crippen LogP contribution in [-0.2, 0) is 9.47 Å². The van der Waals surface area contributed by atoms with Crippen LogP contribution in [0.25, 0.3) is 0 Å². The Hall–Kier alpha value is -0.800. The van der Waals surface area contributed by atoms with Gasteiger partial charge in [0.1, 0.15) is 24.4 Å². The van der Waals surface area contributed by atoms with Crippen LogP contribution in [0.5, 0.6) is 0 Å². The van der Waals surface area contributed by atoms with Crippen molar-refractivity contribution >= 4 is 0 Å². The van der Waals surface area contributed by atoms with Crippen molar-refractivity contribution in [3.8, 4) is 0 Å². The predicted molar refractivity (Wildman–Crippen MR) is 123 cm³/mol. The first-order valence-electron chi connectivity index (χ1n) is 12.4. The molecule has 2 saturated carbocycles. The van der Waals surface area contributed by atoms with E-state index in [1.807, 2.05) is 0 Å². The van der Waals surface area contributed by atoms with E-state index in [0.29, 0.717) is 12.3 Å². The van der Waals surface area contributed by atoms with Gasteiger partial charge in [-0.3, -0.25) is 0 Å². The second kappa shape index (κ2) is 9.01. The van der Waals surface area contributed by atoms with Crippen molar-refractivity contribution in [3.63, 3.8) is 0 Å². The molecule has 4 rings (SSSR count). The maximum atomic E-state index is 11.1. The minimum atomic E-state index is -1.48. The lowest BCUT2D eigenvalue weighted by molar-refractivity contribution is -0.312. The van der Waals surface area contributed by atoms with E-state index in [1.165, 1.54) is 5.57 Å². The van der Waals surface area contributed by atoms with Crippen molar-refractivity contribution in [2.75, 3.05) is 13.2 Å². The van der Waals surface area contributed by atoms with Gasteiger partial charge in [-0.1, -0.05) is 38.5 Å². The molecule has 0 spiro atoms. The molecule has 33 heavy (non-hydrogen) atoms. The van der Waals surface area contributed by atoms with Crippen LogP contribution >= 0.6 is 0 Å². The maximum absolute atomic E-state index is 11.1. The van der Waals surface area contributed by atoms with E-state index in [1.54, 1.807) is 0 Å². The molecular formula is C26H42O7. The highest BCUT2D eigenvalue weighted by Crippen LogP contribution is 2.63. The molecule has 5 N–H and O–H groups in total. The van der Waals surface area contributed by atoms with E-state index in [-0.39, 0.29) is 23.4 Å². The summed E-state index contributed by atoms with van der Waals surface area (Å²) in [6.07, 6.45) is 3.17. The zero-order chi connectivity index (χ0) is 24.2. The van der Waals surface area contributed by atoms with Crippen molar-refractivity contribution in [1.29, 1.82) is 0 Å². The van der Waals surface area contributed by atoms with Gasteiger partial charge in [0.2, 0.25) is 0 Å². The number of ether oxygens (including phenoxy) is 2. The van der Waals surface area contributed by atoms with Crippen LogP contribution in [0.2, 0.25) is 0 Å². The number of allylic oxidation sites excluding steroid dienone is 3. The van der Waals surface area contributed by atoms with Gasteiger partial charge in [-0.25, -0.2) is 0 Å². The average molecular weight is 467 g/mol. The molecule has 0 bridgehead atoms. The van der Waals surface area contributed by atoms with Crippen LogP contribution in [0, 0.1) is 28.1 Å². The molecule has 1 heterocycles. The molecule has 7 heteroatoms.